The fourth-order valence-electron chi connectivity index (χ4n) is 1.44. The van der Waals surface area contributed by atoms with Gasteiger partial charge in [-0.05, 0) is 11.1 Å². The van der Waals surface area contributed by atoms with Crippen molar-refractivity contribution >= 4 is 37.2 Å². The largest absolute Gasteiger partial charge is 0.481 e. The van der Waals surface area contributed by atoms with Crippen LogP contribution in [0, 0.1) is 0 Å². The van der Waals surface area contributed by atoms with Crippen LogP contribution in [0.1, 0.15) is 11.1 Å². The van der Waals surface area contributed by atoms with Gasteiger partial charge in [-0.25, -0.2) is 0 Å². The van der Waals surface area contributed by atoms with Crippen molar-refractivity contribution in [1.29, 1.82) is 0 Å². The Hall–Kier alpha value is -2.04. The number of carbonyl (C=O) groups is 2. The lowest BCUT2D eigenvalue weighted by molar-refractivity contribution is -0.134. The molecule has 0 aliphatic carbocycles. The second kappa shape index (κ2) is 22.3. The molecule has 2 aromatic carbocycles. The normalized spacial score (nSPS) is 8.83. The maximum atomic E-state index is 9.29. The van der Waals surface area contributed by atoms with Crippen LogP contribution in [0.4, 0.5) is 0 Å². The number of aliphatic hydroxyl groups is 2. The molecule has 2 rings (SSSR count). The Morgan fingerprint density at radius 2 is 0.966 bits per heavy atom. The van der Waals surface area contributed by atoms with E-state index in [-0.39, 0.29) is 24.7 Å². The Bertz CT molecular complexity index is 570. The van der Waals surface area contributed by atoms with E-state index in [0.717, 1.165) is 0 Å². The monoisotopic (exact) mass is 444 g/mol. The van der Waals surface area contributed by atoms with Crippen molar-refractivity contribution in [2.45, 2.75) is 13.2 Å². The second-order valence-electron chi connectivity index (χ2n) is 5.01. The molecule has 29 heavy (non-hydrogen) atoms. The van der Waals surface area contributed by atoms with Crippen LogP contribution in [0.5, 0.6) is 0 Å². The van der Waals surface area contributed by atoms with Crippen molar-refractivity contribution in [3.63, 3.8) is 0 Å². The lowest BCUT2D eigenvalue weighted by Gasteiger charge is -2.03. The molecule has 0 fully saturated rings. The van der Waals surface area contributed by atoms with Gasteiger partial charge in [0.2, 0.25) is 0 Å². The number of aliphatic hydroxyl groups excluding tert-OH is 2. The summed E-state index contributed by atoms with van der Waals surface area (Å²) in [5, 5.41) is 30.5. The topological polar surface area (TPSA) is 124 Å². The number of benzene rings is 2. The van der Waals surface area contributed by atoms with Crippen LogP contribution in [-0.2, 0) is 27.5 Å². The highest BCUT2D eigenvalue weighted by Gasteiger charge is 1.93. The fraction of sp³-hybridized carbons (Fsp3) is 0.300. The quantitative estimate of drug-likeness (QED) is 0.362. The molecule has 0 aliphatic rings. The lowest BCUT2D eigenvalue weighted by atomic mass is 10.2. The number of carboxylic acids is 2. The van der Waals surface area contributed by atoms with E-state index in [1.807, 2.05) is 36.4 Å². The summed E-state index contributed by atoms with van der Waals surface area (Å²) in [6, 6.07) is 20.4. The summed E-state index contributed by atoms with van der Waals surface area (Å²) >= 11 is 6.83. The maximum Gasteiger partial charge on any atom is 0.313 e. The van der Waals surface area contributed by atoms with Gasteiger partial charge in [-0.2, -0.15) is 25.3 Å². The first-order chi connectivity index (χ1) is 13.9. The zero-order chi connectivity index (χ0) is 22.3. The molecule has 0 aromatic heterocycles. The van der Waals surface area contributed by atoms with E-state index >= 15 is 0 Å². The van der Waals surface area contributed by atoms with Crippen molar-refractivity contribution in [3.8, 4) is 0 Å². The van der Waals surface area contributed by atoms with E-state index in [4.69, 9.17) is 25.2 Å². The fourth-order valence-corrected chi connectivity index (χ4v) is 1.44. The summed E-state index contributed by atoms with van der Waals surface area (Å²) in [4.78, 5) is 18.6. The van der Waals surface area contributed by atoms with Crippen LogP contribution in [-0.4, -0.2) is 57.1 Å². The van der Waals surface area contributed by atoms with Crippen LogP contribution < -0.4 is 0 Å². The number of rotatable bonds is 7. The van der Waals surface area contributed by atoms with Gasteiger partial charge in [-0.1, -0.05) is 60.7 Å². The van der Waals surface area contributed by atoms with Crippen LogP contribution >= 0.6 is 25.3 Å². The van der Waals surface area contributed by atoms with Gasteiger partial charge in [-0.15, -0.1) is 0 Å². The molecule has 0 unspecified atom stereocenters. The molecule has 0 saturated carbocycles. The minimum Gasteiger partial charge on any atom is -0.481 e. The Morgan fingerprint density at radius 3 is 1.17 bits per heavy atom. The average molecular weight is 445 g/mol. The number of thiol groups is 2. The molecule has 0 radical (unpaired) electrons. The molecule has 0 spiro atoms. The van der Waals surface area contributed by atoms with E-state index in [2.05, 4.69) is 49.5 Å². The van der Waals surface area contributed by atoms with E-state index in [9.17, 15) is 9.59 Å². The van der Waals surface area contributed by atoms with Gasteiger partial charge in [0.05, 0.1) is 37.9 Å². The smallest absolute Gasteiger partial charge is 0.313 e. The minimum atomic E-state index is -0.881. The Balaban J connectivity index is 0. The molecule has 0 heterocycles. The zero-order valence-electron chi connectivity index (χ0n) is 15.9. The van der Waals surface area contributed by atoms with Gasteiger partial charge >= 0.3 is 11.9 Å². The maximum absolute atomic E-state index is 9.29. The highest BCUT2D eigenvalue weighted by atomic mass is 32.1. The number of ether oxygens (including phenoxy) is 1. The first kappa shape index (κ1) is 29.2. The molecular formula is C20H28O7S2. The van der Waals surface area contributed by atoms with Gasteiger partial charge in [0.15, 0.2) is 0 Å². The Morgan fingerprint density at radius 1 is 0.690 bits per heavy atom. The second-order valence-corrected chi connectivity index (χ2v) is 5.65. The summed E-state index contributed by atoms with van der Waals surface area (Å²) in [5.41, 5.74) is 2.43. The molecule has 0 saturated heterocycles. The van der Waals surface area contributed by atoms with E-state index in [0.29, 0.717) is 13.2 Å². The predicted molar refractivity (Wildman–Crippen MR) is 119 cm³/mol. The minimum absolute atomic E-state index is 0.0833. The Labute approximate surface area is 181 Å². The van der Waals surface area contributed by atoms with Crippen molar-refractivity contribution in [1.82, 2.24) is 0 Å². The van der Waals surface area contributed by atoms with Crippen LogP contribution in [0.3, 0.4) is 0 Å². The molecular weight excluding hydrogens is 416 g/mol. The average Bonchev–Trinajstić information content (AvgIpc) is 2.76. The summed E-state index contributed by atoms with van der Waals surface area (Å²) in [7, 11) is 0. The molecule has 2 aromatic rings. The number of hydrogen-bond acceptors (Lipinski definition) is 7. The third kappa shape index (κ3) is 23.9. The Kier molecular flexibility index (Phi) is 22.4. The predicted octanol–water partition coefficient (Wildman–Crippen LogP) is 2.38. The number of carboxylic acid groups (broad SMARTS) is 2. The summed E-state index contributed by atoms with van der Waals surface area (Å²) < 4.78 is 5.61. The van der Waals surface area contributed by atoms with Crippen molar-refractivity contribution in [3.05, 3.63) is 71.8 Å². The molecule has 0 aliphatic heterocycles. The van der Waals surface area contributed by atoms with Gasteiger partial charge in [0.25, 0.3) is 0 Å². The molecule has 7 nitrogen and oxygen atoms in total. The highest BCUT2D eigenvalue weighted by molar-refractivity contribution is 7.81. The first-order valence-corrected chi connectivity index (χ1v) is 9.70. The van der Waals surface area contributed by atoms with Gasteiger partial charge in [-0.3, -0.25) is 9.59 Å². The number of hydrogen-bond donors (Lipinski definition) is 6. The lowest BCUT2D eigenvalue weighted by Crippen LogP contribution is -1.93. The molecule has 9 heteroatoms. The third-order valence-corrected chi connectivity index (χ3v) is 3.13. The zero-order valence-corrected chi connectivity index (χ0v) is 17.7. The third-order valence-electron chi connectivity index (χ3n) is 2.59. The van der Waals surface area contributed by atoms with Crippen LogP contribution in [0.25, 0.3) is 0 Å². The summed E-state index contributed by atoms with van der Waals surface area (Å²) in [5.74, 6) is -1.93. The van der Waals surface area contributed by atoms with Gasteiger partial charge in [0.1, 0.15) is 0 Å². The van der Waals surface area contributed by atoms with Gasteiger partial charge in [0, 0.05) is 0 Å². The molecule has 0 atom stereocenters. The summed E-state index contributed by atoms with van der Waals surface area (Å²) in [6.07, 6.45) is 0. The van der Waals surface area contributed by atoms with Crippen LogP contribution in [0.2, 0.25) is 0 Å². The molecule has 0 amide bonds. The summed E-state index contributed by atoms with van der Waals surface area (Å²) in [6.45, 7) is 1.10. The highest BCUT2D eigenvalue weighted by Crippen LogP contribution is 2.05. The molecule has 0 bridgehead atoms. The van der Waals surface area contributed by atoms with Crippen molar-refractivity contribution in [2.75, 3.05) is 24.7 Å². The van der Waals surface area contributed by atoms with Gasteiger partial charge < -0.3 is 25.2 Å². The van der Waals surface area contributed by atoms with E-state index < -0.39 is 11.9 Å². The standard InChI is InChI=1S/C14H14O.2C2H4O2S.C2H6O2/c1-3-7-13(8-4-1)11-15-12-14-9-5-2-6-10-14;2*3-2(4)1-5;3-1-2-4/h1-10H,11-12H2;2*5H,1H2,(H,3,4);3-4H,1-2H2. The SMILES string of the molecule is O=C(O)CS.O=C(O)CS.OCCO.c1ccc(COCc2ccccc2)cc1. The van der Waals surface area contributed by atoms with Crippen molar-refractivity contribution < 1.29 is 34.8 Å². The first-order valence-electron chi connectivity index (χ1n) is 8.43. The number of aliphatic carboxylic acids is 2. The molecule has 4 N–H and O–H groups in total. The van der Waals surface area contributed by atoms with Crippen molar-refractivity contribution in [2.24, 2.45) is 0 Å². The van der Waals surface area contributed by atoms with Crippen LogP contribution in [0.15, 0.2) is 60.7 Å². The van der Waals surface area contributed by atoms with E-state index in [1.165, 1.54) is 11.1 Å². The van der Waals surface area contributed by atoms with E-state index in [1.54, 1.807) is 0 Å². The molecule has 162 valence electrons.